The molecule has 2 amide bonds. The Morgan fingerprint density at radius 1 is 1.07 bits per heavy atom. The summed E-state index contributed by atoms with van der Waals surface area (Å²) in [5.74, 6) is 0.546. The third kappa shape index (κ3) is 6.91. The molecule has 1 aliphatic heterocycles. The molecule has 2 N–H and O–H groups in total. The predicted octanol–water partition coefficient (Wildman–Crippen LogP) is 3.44. The van der Waals surface area contributed by atoms with Crippen LogP contribution in [-0.4, -0.2) is 43.0 Å². The van der Waals surface area contributed by atoms with E-state index in [4.69, 9.17) is 4.74 Å². The number of benzene rings is 2. The maximum atomic E-state index is 12.3. The van der Waals surface area contributed by atoms with Crippen LogP contribution < -0.4 is 15.4 Å². The van der Waals surface area contributed by atoms with Crippen molar-refractivity contribution in [2.24, 2.45) is 0 Å². The van der Waals surface area contributed by atoms with Crippen LogP contribution in [0, 0.1) is 0 Å². The van der Waals surface area contributed by atoms with Gasteiger partial charge >= 0.3 is 0 Å². The highest BCUT2D eigenvalue weighted by molar-refractivity contribution is 5.96. The van der Waals surface area contributed by atoms with Gasteiger partial charge in [-0.2, -0.15) is 0 Å². The van der Waals surface area contributed by atoms with E-state index in [1.807, 2.05) is 12.1 Å². The molecule has 1 heterocycles. The minimum Gasteiger partial charge on any atom is -0.494 e. The van der Waals surface area contributed by atoms with Crippen LogP contribution in [-0.2, 0) is 11.3 Å². The molecule has 2 aromatic rings. The first-order chi connectivity index (χ1) is 14.1. The van der Waals surface area contributed by atoms with Crippen LogP contribution in [0.1, 0.15) is 42.1 Å². The van der Waals surface area contributed by atoms with E-state index in [2.05, 4.69) is 27.7 Å². The molecule has 3 rings (SSSR count). The summed E-state index contributed by atoms with van der Waals surface area (Å²) >= 11 is 0. The first kappa shape index (κ1) is 20.9. The number of carbonyl (C=O) groups is 2. The molecule has 29 heavy (non-hydrogen) atoms. The summed E-state index contributed by atoms with van der Waals surface area (Å²) in [5, 5.41) is 5.57. The molecule has 0 atom stereocenters. The van der Waals surface area contributed by atoms with Crippen molar-refractivity contribution in [3.05, 3.63) is 59.7 Å². The van der Waals surface area contributed by atoms with Gasteiger partial charge in [-0.25, -0.2) is 0 Å². The maximum Gasteiger partial charge on any atom is 0.251 e. The van der Waals surface area contributed by atoms with Gasteiger partial charge in [0.2, 0.25) is 5.91 Å². The number of rotatable bonds is 9. The van der Waals surface area contributed by atoms with Crippen LogP contribution in [0.25, 0.3) is 0 Å². The van der Waals surface area contributed by atoms with E-state index in [1.165, 1.54) is 38.4 Å². The van der Waals surface area contributed by atoms with Gasteiger partial charge in [0.05, 0.1) is 6.61 Å². The minimum absolute atomic E-state index is 0.162. The number of amides is 2. The lowest BCUT2D eigenvalue weighted by Crippen LogP contribution is -2.25. The van der Waals surface area contributed by atoms with E-state index in [-0.39, 0.29) is 11.8 Å². The van der Waals surface area contributed by atoms with Crippen molar-refractivity contribution in [3.63, 3.8) is 0 Å². The fourth-order valence-corrected chi connectivity index (χ4v) is 3.44. The number of nitrogens with one attached hydrogen (secondary N) is 2. The molecule has 0 unspecified atom stereocenters. The third-order valence-electron chi connectivity index (χ3n) is 4.82. The second-order valence-electron chi connectivity index (χ2n) is 7.35. The largest absolute Gasteiger partial charge is 0.494 e. The molecule has 2 aromatic carbocycles. The van der Waals surface area contributed by atoms with Gasteiger partial charge in [0, 0.05) is 31.3 Å². The van der Waals surface area contributed by atoms with Crippen molar-refractivity contribution >= 4 is 17.5 Å². The molecular weight excluding hydrogens is 366 g/mol. The highest BCUT2D eigenvalue weighted by Gasteiger charge is 2.12. The predicted molar refractivity (Wildman–Crippen MR) is 114 cm³/mol. The van der Waals surface area contributed by atoms with Crippen LogP contribution in [0.3, 0.4) is 0 Å². The number of hydrogen-bond acceptors (Lipinski definition) is 4. The Hall–Kier alpha value is -2.86. The summed E-state index contributed by atoms with van der Waals surface area (Å²) in [4.78, 5) is 25.9. The SMILES string of the molecule is CC(=O)Nc1cccc(C(=O)NCCCOc2cccc(CN3CCCC3)c2)c1. The van der Waals surface area contributed by atoms with Gasteiger partial charge in [0.25, 0.3) is 5.91 Å². The Bertz CT molecular complexity index is 832. The third-order valence-corrected chi connectivity index (χ3v) is 4.82. The van der Waals surface area contributed by atoms with Crippen LogP contribution in [0.2, 0.25) is 0 Å². The average Bonchev–Trinajstić information content (AvgIpc) is 3.20. The molecule has 0 aromatic heterocycles. The van der Waals surface area contributed by atoms with Crippen molar-refractivity contribution < 1.29 is 14.3 Å². The molecule has 0 saturated carbocycles. The number of hydrogen-bond donors (Lipinski definition) is 2. The van der Waals surface area contributed by atoms with E-state index in [9.17, 15) is 9.59 Å². The van der Waals surface area contributed by atoms with Crippen molar-refractivity contribution in [1.82, 2.24) is 10.2 Å². The topological polar surface area (TPSA) is 70.7 Å². The van der Waals surface area contributed by atoms with Crippen molar-refractivity contribution in [1.29, 1.82) is 0 Å². The summed E-state index contributed by atoms with van der Waals surface area (Å²) in [7, 11) is 0. The molecular formula is C23H29N3O3. The summed E-state index contributed by atoms with van der Waals surface area (Å²) < 4.78 is 5.84. The summed E-state index contributed by atoms with van der Waals surface area (Å²) in [6.45, 7) is 5.84. The van der Waals surface area contributed by atoms with Gasteiger partial charge < -0.3 is 15.4 Å². The monoisotopic (exact) mass is 395 g/mol. The van der Waals surface area contributed by atoms with Gasteiger partial charge in [0.15, 0.2) is 0 Å². The standard InChI is InChI=1S/C23H29N3O3/c1-18(27)25-21-9-5-8-20(16-21)23(28)24-11-6-14-29-22-10-4-7-19(15-22)17-26-12-2-3-13-26/h4-5,7-10,15-16H,2-3,6,11-14,17H2,1H3,(H,24,28)(H,25,27). The van der Waals surface area contributed by atoms with Crippen LogP contribution >= 0.6 is 0 Å². The number of anilines is 1. The molecule has 154 valence electrons. The smallest absolute Gasteiger partial charge is 0.251 e. The average molecular weight is 396 g/mol. The molecule has 0 bridgehead atoms. The Labute approximate surface area is 172 Å². The Morgan fingerprint density at radius 2 is 1.86 bits per heavy atom. The van der Waals surface area contributed by atoms with Gasteiger partial charge in [-0.1, -0.05) is 18.2 Å². The van der Waals surface area contributed by atoms with Gasteiger partial charge in [-0.05, 0) is 68.2 Å². The zero-order chi connectivity index (χ0) is 20.5. The van der Waals surface area contributed by atoms with Crippen LogP contribution in [0.15, 0.2) is 48.5 Å². The Balaban J connectivity index is 1.38. The normalized spacial score (nSPS) is 13.8. The molecule has 0 radical (unpaired) electrons. The minimum atomic E-state index is -0.163. The van der Waals surface area contributed by atoms with E-state index in [1.54, 1.807) is 24.3 Å². The van der Waals surface area contributed by atoms with Gasteiger partial charge in [-0.15, -0.1) is 0 Å². The lowest BCUT2D eigenvalue weighted by Gasteiger charge is -2.15. The summed E-state index contributed by atoms with van der Waals surface area (Å²) in [6.07, 6.45) is 3.30. The number of carbonyl (C=O) groups excluding carboxylic acids is 2. The highest BCUT2D eigenvalue weighted by Crippen LogP contribution is 2.17. The van der Waals surface area contributed by atoms with Crippen molar-refractivity contribution in [2.75, 3.05) is 31.6 Å². The first-order valence-corrected chi connectivity index (χ1v) is 10.2. The maximum absolute atomic E-state index is 12.3. The van der Waals surface area contributed by atoms with Crippen molar-refractivity contribution in [3.8, 4) is 5.75 Å². The van der Waals surface area contributed by atoms with Crippen LogP contribution in [0.4, 0.5) is 5.69 Å². The molecule has 6 heteroatoms. The van der Waals surface area contributed by atoms with Gasteiger partial charge in [-0.3, -0.25) is 14.5 Å². The van der Waals surface area contributed by atoms with E-state index in [0.29, 0.717) is 30.8 Å². The van der Waals surface area contributed by atoms with Crippen LogP contribution in [0.5, 0.6) is 5.75 Å². The van der Waals surface area contributed by atoms with E-state index in [0.717, 1.165) is 12.3 Å². The highest BCUT2D eigenvalue weighted by atomic mass is 16.5. The second-order valence-corrected chi connectivity index (χ2v) is 7.35. The Morgan fingerprint density at radius 3 is 2.66 bits per heavy atom. The first-order valence-electron chi connectivity index (χ1n) is 10.2. The lowest BCUT2D eigenvalue weighted by molar-refractivity contribution is -0.114. The number of likely N-dealkylation sites (tertiary alicyclic amines) is 1. The fourth-order valence-electron chi connectivity index (χ4n) is 3.44. The molecule has 1 aliphatic rings. The second kappa shape index (κ2) is 10.6. The number of ether oxygens (including phenoxy) is 1. The molecule has 0 aliphatic carbocycles. The molecule has 1 fully saturated rings. The summed E-state index contributed by atoms with van der Waals surface area (Å²) in [6, 6.07) is 15.1. The molecule has 1 saturated heterocycles. The molecule has 0 spiro atoms. The summed E-state index contributed by atoms with van der Waals surface area (Å²) in [5.41, 5.74) is 2.41. The van der Waals surface area contributed by atoms with E-state index >= 15 is 0 Å². The van der Waals surface area contributed by atoms with Crippen molar-refractivity contribution in [2.45, 2.75) is 32.7 Å². The zero-order valence-electron chi connectivity index (χ0n) is 16.9. The Kier molecular flexibility index (Phi) is 7.64. The molecule has 6 nitrogen and oxygen atoms in total. The zero-order valence-corrected chi connectivity index (χ0v) is 16.9. The number of nitrogens with zero attached hydrogens (tertiary/aromatic N) is 1. The fraction of sp³-hybridized carbons (Fsp3) is 0.391. The lowest BCUT2D eigenvalue weighted by atomic mass is 10.2. The van der Waals surface area contributed by atoms with Gasteiger partial charge in [0.1, 0.15) is 5.75 Å². The van der Waals surface area contributed by atoms with E-state index < -0.39 is 0 Å². The quantitative estimate of drug-likeness (QED) is 0.638.